The van der Waals surface area contributed by atoms with Gasteiger partial charge < -0.3 is 9.64 Å². The third-order valence-corrected chi connectivity index (χ3v) is 6.73. The number of imide groups is 1. The summed E-state index contributed by atoms with van der Waals surface area (Å²) in [5.74, 6) is -0.0139. The monoisotopic (exact) mass is 413 g/mol. The van der Waals surface area contributed by atoms with Gasteiger partial charge in [-0.15, -0.1) is 0 Å². The molecule has 3 atom stereocenters. The van der Waals surface area contributed by atoms with Gasteiger partial charge in [0, 0.05) is 24.6 Å². The minimum absolute atomic E-state index is 0.148. The number of nitrogens with zero attached hydrogens (tertiary/aromatic N) is 2. The quantitative estimate of drug-likeness (QED) is 0.725. The highest BCUT2D eigenvalue weighted by atomic mass is 16.5. The minimum Gasteiger partial charge on any atom is -0.489 e. The Morgan fingerprint density at radius 1 is 1.10 bits per heavy atom. The zero-order valence-electron chi connectivity index (χ0n) is 17.9. The number of fused-ring (bicyclic) bond motifs is 1. The molecule has 1 aliphatic carbocycles. The molecule has 2 fully saturated rings. The Morgan fingerprint density at radius 3 is 2.60 bits per heavy atom. The lowest BCUT2D eigenvalue weighted by Gasteiger charge is -2.39. The first-order valence-electron chi connectivity index (χ1n) is 11.2. The number of carbonyl (C=O) groups excluding carboxylic acids is 3. The molecule has 2 heterocycles. The molecular weight excluding hydrogens is 382 g/mol. The highest BCUT2D eigenvalue weighted by Gasteiger charge is 2.39. The topological polar surface area (TPSA) is 79.0 Å². The molecule has 1 aromatic carbocycles. The Morgan fingerprint density at radius 2 is 1.87 bits per heavy atom. The lowest BCUT2D eigenvalue weighted by Crippen LogP contribution is -2.52. The Kier molecular flexibility index (Phi) is 6.09. The van der Waals surface area contributed by atoms with E-state index in [0.717, 1.165) is 37.2 Å². The van der Waals surface area contributed by atoms with Crippen LogP contribution in [0.2, 0.25) is 0 Å². The third-order valence-electron chi connectivity index (χ3n) is 6.73. The fraction of sp³-hybridized carbons (Fsp3) is 0.609. The molecule has 1 aromatic rings. The van der Waals surface area contributed by atoms with E-state index < -0.39 is 6.04 Å². The molecule has 3 aliphatic rings. The van der Waals surface area contributed by atoms with E-state index in [2.05, 4.69) is 24.1 Å². The van der Waals surface area contributed by atoms with Crippen LogP contribution in [0.4, 0.5) is 0 Å². The second-order valence-corrected chi connectivity index (χ2v) is 8.45. The van der Waals surface area contributed by atoms with Gasteiger partial charge in [0.05, 0.1) is 0 Å². The number of hydrogen-bond acceptors (Lipinski definition) is 5. The summed E-state index contributed by atoms with van der Waals surface area (Å²) < 4.78 is 6.43. The van der Waals surface area contributed by atoms with Gasteiger partial charge in [0.2, 0.25) is 11.8 Å². The van der Waals surface area contributed by atoms with Gasteiger partial charge in [0.1, 0.15) is 17.9 Å². The summed E-state index contributed by atoms with van der Waals surface area (Å²) in [7, 11) is 0. The molecule has 4 rings (SSSR count). The summed E-state index contributed by atoms with van der Waals surface area (Å²) in [5.41, 5.74) is 1.51. The van der Waals surface area contributed by atoms with Gasteiger partial charge in [-0.2, -0.15) is 0 Å². The maximum atomic E-state index is 12.9. The highest BCUT2D eigenvalue weighted by Crippen LogP contribution is 2.32. The molecule has 0 radical (unpaired) electrons. The number of benzene rings is 1. The van der Waals surface area contributed by atoms with Crippen LogP contribution in [0.15, 0.2) is 18.2 Å². The standard InChI is InChI=1S/C23H31N3O4/c1-3-25(4-2)18-7-5-6-8-20(18)30-16-9-10-17-15(13-16)14-26(23(17)29)19-11-12-21(27)24-22(19)28/h9-10,13,18-20H,3-8,11-12,14H2,1-2H3,(H,24,27,28). The molecule has 1 N–H and O–H groups in total. The zero-order valence-corrected chi connectivity index (χ0v) is 17.9. The number of likely N-dealkylation sites (N-methyl/N-ethyl adjacent to an activating group) is 1. The van der Waals surface area contributed by atoms with Crippen LogP contribution in [-0.2, 0) is 16.1 Å². The largest absolute Gasteiger partial charge is 0.489 e. The smallest absolute Gasteiger partial charge is 0.255 e. The van der Waals surface area contributed by atoms with Gasteiger partial charge in [-0.1, -0.05) is 20.3 Å². The Hall–Kier alpha value is -2.41. The molecule has 7 nitrogen and oxygen atoms in total. The van der Waals surface area contributed by atoms with E-state index in [1.807, 2.05) is 18.2 Å². The molecule has 3 unspecified atom stereocenters. The Labute approximate surface area is 177 Å². The molecule has 1 saturated heterocycles. The number of ether oxygens (including phenoxy) is 1. The van der Waals surface area contributed by atoms with Gasteiger partial charge in [0.25, 0.3) is 5.91 Å². The second-order valence-electron chi connectivity index (χ2n) is 8.45. The summed E-state index contributed by atoms with van der Waals surface area (Å²) in [4.78, 5) is 40.6. The van der Waals surface area contributed by atoms with E-state index in [0.29, 0.717) is 24.6 Å². The van der Waals surface area contributed by atoms with Crippen LogP contribution in [0.3, 0.4) is 0 Å². The second kappa shape index (κ2) is 8.76. The Balaban J connectivity index is 1.48. The average molecular weight is 414 g/mol. The maximum absolute atomic E-state index is 12.9. The molecular formula is C23H31N3O4. The lowest BCUT2D eigenvalue weighted by atomic mass is 9.91. The van der Waals surface area contributed by atoms with Crippen molar-refractivity contribution in [3.63, 3.8) is 0 Å². The molecule has 162 valence electrons. The molecule has 2 aliphatic heterocycles. The molecule has 0 spiro atoms. The fourth-order valence-corrected chi connectivity index (χ4v) is 5.12. The van der Waals surface area contributed by atoms with Gasteiger partial charge in [-0.3, -0.25) is 24.6 Å². The van der Waals surface area contributed by atoms with Crippen molar-refractivity contribution in [3.05, 3.63) is 29.3 Å². The van der Waals surface area contributed by atoms with Crippen LogP contribution in [0.25, 0.3) is 0 Å². The first kappa shape index (κ1) is 20.8. The van der Waals surface area contributed by atoms with E-state index in [4.69, 9.17) is 4.74 Å². The number of hydrogen-bond donors (Lipinski definition) is 1. The summed E-state index contributed by atoms with van der Waals surface area (Å²) >= 11 is 0. The first-order chi connectivity index (χ1) is 14.5. The summed E-state index contributed by atoms with van der Waals surface area (Å²) in [6, 6.07) is 5.47. The van der Waals surface area contributed by atoms with Crippen molar-refractivity contribution in [1.29, 1.82) is 0 Å². The number of piperidine rings is 1. The minimum atomic E-state index is -0.586. The van der Waals surface area contributed by atoms with Crippen molar-refractivity contribution < 1.29 is 19.1 Å². The van der Waals surface area contributed by atoms with Crippen molar-refractivity contribution >= 4 is 17.7 Å². The molecule has 0 bridgehead atoms. The first-order valence-corrected chi connectivity index (χ1v) is 11.2. The van der Waals surface area contributed by atoms with Crippen LogP contribution in [0.1, 0.15) is 68.3 Å². The maximum Gasteiger partial charge on any atom is 0.255 e. The lowest BCUT2D eigenvalue weighted by molar-refractivity contribution is -0.136. The number of rotatable bonds is 6. The van der Waals surface area contributed by atoms with E-state index in [-0.39, 0.29) is 30.2 Å². The third kappa shape index (κ3) is 3.95. The van der Waals surface area contributed by atoms with Gasteiger partial charge in [-0.05, 0) is 62.5 Å². The summed E-state index contributed by atoms with van der Waals surface area (Å²) in [5, 5.41) is 2.34. The zero-order chi connectivity index (χ0) is 21.3. The molecule has 1 saturated carbocycles. The van der Waals surface area contributed by atoms with Gasteiger partial charge in [-0.25, -0.2) is 0 Å². The van der Waals surface area contributed by atoms with Crippen molar-refractivity contribution in [2.24, 2.45) is 0 Å². The van der Waals surface area contributed by atoms with Crippen molar-refractivity contribution in [3.8, 4) is 5.75 Å². The predicted octanol–water partition coefficient (Wildman–Crippen LogP) is 2.48. The van der Waals surface area contributed by atoms with Crippen molar-refractivity contribution in [2.75, 3.05) is 13.1 Å². The number of amides is 3. The SMILES string of the molecule is CCN(CC)C1CCCCC1Oc1ccc2c(c1)CN(C1CCC(=O)NC1=O)C2=O. The van der Waals surface area contributed by atoms with Crippen molar-refractivity contribution in [2.45, 2.75) is 77.1 Å². The molecule has 0 aromatic heterocycles. The van der Waals surface area contributed by atoms with E-state index >= 15 is 0 Å². The van der Waals surface area contributed by atoms with E-state index in [9.17, 15) is 14.4 Å². The molecule has 7 heteroatoms. The van der Waals surface area contributed by atoms with Crippen LogP contribution in [-0.4, -0.2) is 58.8 Å². The summed E-state index contributed by atoms with van der Waals surface area (Å²) in [6.45, 7) is 6.79. The average Bonchev–Trinajstić information content (AvgIpc) is 3.06. The van der Waals surface area contributed by atoms with E-state index in [1.165, 1.54) is 12.8 Å². The fourth-order valence-electron chi connectivity index (χ4n) is 5.12. The van der Waals surface area contributed by atoms with E-state index in [1.54, 1.807) is 4.90 Å². The Bertz CT molecular complexity index is 836. The van der Waals surface area contributed by atoms with Crippen LogP contribution in [0.5, 0.6) is 5.75 Å². The van der Waals surface area contributed by atoms with Crippen LogP contribution < -0.4 is 10.1 Å². The van der Waals surface area contributed by atoms with Gasteiger partial charge >= 0.3 is 0 Å². The van der Waals surface area contributed by atoms with Crippen molar-refractivity contribution in [1.82, 2.24) is 15.1 Å². The molecule has 3 amide bonds. The van der Waals surface area contributed by atoms with Crippen LogP contribution in [0, 0.1) is 0 Å². The normalized spacial score (nSPS) is 26.7. The number of carbonyl (C=O) groups is 3. The number of nitrogens with one attached hydrogen (secondary N) is 1. The van der Waals surface area contributed by atoms with Gasteiger partial charge in [0.15, 0.2) is 0 Å². The highest BCUT2D eigenvalue weighted by molar-refractivity contribution is 6.05. The van der Waals surface area contributed by atoms with Crippen LogP contribution >= 0.6 is 0 Å². The summed E-state index contributed by atoms with van der Waals surface area (Å²) in [6.07, 6.45) is 5.40. The molecule has 30 heavy (non-hydrogen) atoms. The predicted molar refractivity (Wildman–Crippen MR) is 112 cm³/mol.